The normalized spacial score (nSPS) is 17.9. The molecule has 2 fully saturated rings. The topological polar surface area (TPSA) is 131 Å². The third-order valence-electron chi connectivity index (χ3n) is 3.20. The molecule has 2 aliphatic rings. The number of likely N-dealkylation sites (N-methyl/N-ethyl adjacent to an activating group) is 1. The average molecular weight is 341 g/mol. The Morgan fingerprint density at radius 1 is 0.792 bits per heavy atom. The Morgan fingerprint density at radius 3 is 1.38 bits per heavy atom. The van der Waals surface area contributed by atoms with Crippen LogP contribution in [0.4, 0.5) is 0 Å². The zero-order valence-corrected chi connectivity index (χ0v) is 12.9. The molecule has 130 valence electrons. The molecule has 2 saturated heterocycles. The van der Waals surface area contributed by atoms with E-state index in [0.29, 0.717) is 10.1 Å². The Balaban J connectivity index is 1.76. The van der Waals surface area contributed by atoms with Crippen LogP contribution >= 0.6 is 0 Å². The number of amides is 4. The van der Waals surface area contributed by atoms with Crippen molar-refractivity contribution in [2.45, 2.75) is 25.7 Å². The monoisotopic (exact) mass is 341 g/mol. The summed E-state index contributed by atoms with van der Waals surface area (Å²) in [6.45, 7) is -0.817. The van der Waals surface area contributed by atoms with Crippen LogP contribution in [0.25, 0.3) is 0 Å². The second kappa shape index (κ2) is 7.17. The number of imide groups is 2. The van der Waals surface area contributed by atoms with E-state index in [-0.39, 0.29) is 25.7 Å². The van der Waals surface area contributed by atoms with Gasteiger partial charge in [0.15, 0.2) is 0 Å². The standard InChI is InChI=1S/C13H15N3O8/c1-14(6-12(21)23-15-8(17)2-3-9(15)18)7-13(22)24-16-10(19)4-5-11(16)20/h2-7H2,1H3. The van der Waals surface area contributed by atoms with Crippen molar-refractivity contribution in [3.63, 3.8) is 0 Å². The fourth-order valence-electron chi connectivity index (χ4n) is 2.07. The molecule has 0 aromatic heterocycles. The summed E-state index contributed by atoms with van der Waals surface area (Å²) < 4.78 is 0. The van der Waals surface area contributed by atoms with Gasteiger partial charge in [0.05, 0.1) is 13.1 Å². The Morgan fingerprint density at radius 2 is 1.08 bits per heavy atom. The minimum atomic E-state index is -0.915. The predicted octanol–water partition coefficient (Wildman–Crippen LogP) is -1.87. The van der Waals surface area contributed by atoms with Gasteiger partial charge in [0, 0.05) is 25.7 Å². The number of hydrogen-bond donors (Lipinski definition) is 0. The van der Waals surface area contributed by atoms with Crippen LogP contribution in [0.3, 0.4) is 0 Å². The maximum Gasteiger partial charge on any atom is 0.347 e. The number of hydrogen-bond acceptors (Lipinski definition) is 9. The van der Waals surface area contributed by atoms with Gasteiger partial charge < -0.3 is 9.68 Å². The number of carbonyl (C=O) groups is 6. The summed E-state index contributed by atoms with van der Waals surface area (Å²) >= 11 is 0. The van der Waals surface area contributed by atoms with E-state index in [9.17, 15) is 28.8 Å². The van der Waals surface area contributed by atoms with E-state index in [1.807, 2.05) is 0 Å². The first-order valence-electron chi connectivity index (χ1n) is 7.09. The molecule has 0 radical (unpaired) electrons. The van der Waals surface area contributed by atoms with Crippen LogP contribution in [-0.4, -0.2) is 70.7 Å². The number of rotatable bonds is 6. The molecule has 0 aromatic rings. The highest BCUT2D eigenvalue weighted by molar-refractivity contribution is 6.02. The van der Waals surface area contributed by atoms with Crippen molar-refractivity contribution >= 4 is 35.6 Å². The maximum absolute atomic E-state index is 11.6. The highest BCUT2D eigenvalue weighted by atomic mass is 16.7. The van der Waals surface area contributed by atoms with E-state index in [1.54, 1.807) is 0 Å². The van der Waals surface area contributed by atoms with E-state index in [0.717, 1.165) is 0 Å². The minimum Gasteiger partial charge on any atom is -0.329 e. The summed E-state index contributed by atoms with van der Waals surface area (Å²) in [5, 5.41) is 0.798. The molecule has 0 aliphatic carbocycles. The largest absolute Gasteiger partial charge is 0.347 e. The van der Waals surface area contributed by atoms with Crippen LogP contribution in [0.15, 0.2) is 0 Å². The van der Waals surface area contributed by atoms with Gasteiger partial charge in [0.25, 0.3) is 23.6 Å². The average Bonchev–Trinajstić information content (AvgIpc) is 2.97. The minimum absolute atomic E-state index is 0.0217. The van der Waals surface area contributed by atoms with Crippen molar-refractivity contribution < 1.29 is 38.4 Å². The molecule has 2 heterocycles. The van der Waals surface area contributed by atoms with Gasteiger partial charge in [-0.3, -0.25) is 24.1 Å². The number of nitrogens with zero attached hydrogens (tertiary/aromatic N) is 3. The molecule has 0 unspecified atom stereocenters. The van der Waals surface area contributed by atoms with E-state index in [1.165, 1.54) is 11.9 Å². The quantitative estimate of drug-likeness (QED) is 0.510. The summed E-state index contributed by atoms with van der Waals surface area (Å²) in [7, 11) is 1.38. The first kappa shape index (κ1) is 17.5. The van der Waals surface area contributed by atoms with Crippen molar-refractivity contribution in [2.24, 2.45) is 0 Å². The van der Waals surface area contributed by atoms with E-state index >= 15 is 0 Å². The van der Waals surface area contributed by atoms with Crippen molar-refractivity contribution in [3.8, 4) is 0 Å². The van der Waals surface area contributed by atoms with Crippen molar-refractivity contribution in [1.29, 1.82) is 0 Å². The van der Waals surface area contributed by atoms with E-state index < -0.39 is 48.7 Å². The lowest BCUT2D eigenvalue weighted by molar-refractivity contribution is -0.200. The first-order valence-corrected chi connectivity index (χ1v) is 7.09. The van der Waals surface area contributed by atoms with E-state index in [2.05, 4.69) is 9.68 Å². The molecule has 0 bridgehead atoms. The lowest BCUT2D eigenvalue weighted by Crippen LogP contribution is -2.40. The molecule has 2 aliphatic heterocycles. The van der Waals surface area contributed by atoms with Crippen LogP contribution in [-0.2, 0) is 38.4 Å². The third kappa shape index (κ3) is 4.13. The molecule has 0 aromatic carbocycles. The fraction of sp³-hybridized carbons (Fsp3) is 0.538. The number of carbonyl (C=O) groups excluding carboxylic acids is 6. The Kier molecular flexibility index (Phi) is 5.24. The summed E-state index contributed by atoms with van der Waals surface area (Å²) in [4.78, 5) is 79.0. The SMILES string of the molecule is CN(CC(=O)ON1C(=O)CCC1=O)CC(=O)ON1C(=O)CCC1=O. The lowest BCUT2D eigenvalue weighted by atomic mass is 10.4. The predicted molar refractivity (Wildman–Crippen MR) is 71.9 cm³/mol. The second-order valence-electron chi connectivity index (χ2n) is 5.26. The zero-order chi connectivity index (χ0) is 17.9. The molecule has 24 heavy (non-hydrogen) atoms. The molecule has 0 N–H and O–H groups in total. The van der Waals surface area contributed by atoms with E-state index in [4.69, 9.17) is 0 Å². The lowest BCUT2D eigenvalue weighted by Gasteiger charge is -2.18. The van der Waals surface area contributed by atoms with Crippen LogP contribution in [0.2, 0.25) is 0 Å². The van der Waals surface area contributed by atoms with Gasteiger partial charge in [0.2, 0.25) is 0 Å². The smallest absolute Gasteiger partial charge is 0.329 e. The summed E-state index contributed by atoms with van der Waals surface area (Å²) in [5.41, 5.74) is 0. The highest BCUT2D eigenvalue weighted by Gasteiger charge is 2.34. The molecular weight excluding hydrogens is 326 g/mol. The summed E-state index contributed by atoms with van der Waals surface area (Å²) in [6, 6.07) is 0. The third-order valence-corrected chi connectivity index (χ3v) is 3.20. The van der Waals surface area contributed by atoms with Gasteiger partial charge in [-0.15, -0.1) is 10.1 Å². The van der Waals surface area contributed by atoms with Gasteiger partial charge >= 0.3 is 11.9 Å². The van der Waals surface area contributed by atoms with Crippen LogP contribution in [0.5, 0.6) is 0 Å². The van der Waals surface area contributed by atoms with Gasteiger partial charge in [-0.05, 0) is 7.05 Å². The molecule has 0 saturated carbocycles. The van der Waals surface area contributed by atoms with Crippen molar-refractivity contribution in [2.75, 3.05) is 20.1 Å². The Labute approximate surface area is 135 Å². The fourth-order valence-corrected chi connectivity index (χ4v) is 2.07. The Hall–Kier alpha value is -2.82. The van der Waals surface area contributed by atoms with Crippen LogP contribution in [0.1, 0.15) is 25.7 Å². The van der Waals surface area contributed by atoms with Crippen molar-refractivity contribution in [1.82, 2.24) is 15.0 Å². The van der Waals surface area contributed by atoms with Crippen LogP contribution in [0, 0.1) is 0 Å². The second-order valence-corrected chi connectivity index (χ2v) is 5.26. The van der Waals surface area contributed by atoms with Gasteiger partial charge in [-0.2, -0.15) is 0 Å². The molecule has 0 spiro atoms. The summed E-state index contributed by atoms with van der Waals surface area (Å²) in [6.07, 6.45) is -0.0866. The Bertz CT molecular complexity index is 532. The highest BCUT2D eigenvalue weighted by Crippen LogP contribution is 2.13. The van der Waals surface area contributed by atoms with Crippen LogP contribution < -0.4 is 0 Å². The maximum atomic E-state index is 11.6. The number of hydroxylamine groups is 4. The first-order chi connectivity index (χ1) is 11.3. The molecule has 11 heteroatoms. The molecule has 4 amide bonds. The van der Waals surface area contributed by atoms with Gasteiger partial charge in [-0.1, -0.05) is 0 Å². The molecule has 2 rings (SSSR count). The molecular formula is C13H15N3O8. The van der Waals surface area contributed by atoms with Gasteiger partial charge in [0.1, 0.15) is 0 Å². The summed E-state index contributed by atoms with van der Waals surface area (Å²) in [5.74, 6) is -4.27. The van der Waals surface area contributed by atoms with Gasteiger partial charge in [-0.25, -0.2) is 9.59 Å². The zero-order valence-electron chi connectivity index (χ0n) is 12.9. The molecule has 0 atom stereocenters. The molecule has 11 nitrogen and oxygen atoms in total. The van der Waals surface area contributed by atoms with Crippen molar-refractivity contribution in [3.05, 3.63) is 0 Å².